The first-order valence-electron chi connectivity index (χ1n) is 7.12. The van der Waals surface area contributed by atoms with Crippen LogP contribution in [0.5, 0.6) is 0 Å². The molecule has 1 aliphatic carbocycles. The second-order valence-electron chi connectivity index (χ2n) is 6.80. The number of allylic oxidation sites excluding steroid dienone is 4. The van der Waals surface area contributed by atoms with E-state index in [4.69, 9.17) is 0 Å². The van der Waals surface area contributed by atoms with Crippen LogP contribution in [0.1, 0.15) is 60.8 Å². The number of hydrogen-bond donors (Lipinski definition) is 0. The summed E-state index contributed by atoms with van der Waals surface area (Å²) in [4.78, 5) is 11.8. The average molecular weight is 248 g/mol. The standard InChI is InChI=1S/C17H28O/c1-12(2)10-15(14(4)18)11-16-13(3)8-7-9-17(16,5)6/h8,11-12,16H,7,9-10H2,1-6H3. The van der Waals surface area contributed by atoms with Crippen molar-refractivity contribution < 1.29 is 4.79 Å². The van der Waals surface area contributed by atoms with E-state index in [1.54, 1.807) is 6.92 Å². The van der Waals surface area contributed by atoms with Gasteiger partial charge in [-0.05, 0) is 50.0 Å². The first-order valence-corrected chi connectivity index (χ1v) is 7.12. The second kappa shape index (κ2) is 5.86. The lowest BCUT2D eigenvalue weighted by atomic mass is 9.68. The Morgan fingerprint density at radius 1 is 1.50 bits per heavy atom. The van der Waals surface area contributed by atoms with Crippen molar-refractivity contribution in [2.24, 2.45) is 17.3 Å². The van der Waals surface area contributed by atoms with E-state index in [0.29, 0.717) is 11.8 Å². The van der Waals surface area contributed by atoms with Crippen LogP contribution in [0.15, 0.2) is 23.3 Å². The zero-order valence-electron chi connectivity index (χ0n) is 12.8. The molecule has 0 aromatic rings. The van der Waals surface area contributed by atoms with Crippen molar-refractivity contribution >= 4 is 5.78 Å². The van der Waals surface area contributed by atoms with Crippen molar-refractivity contribution in [2.75, 3.05) is 0 Å². The third-order valence-corrected chi connectivity index (χ3v) is 4.04. The Morgan fingerprint density at radius 3 is 2.56 bits per heavy atom. The molecule has 1 atom stereocenters. The number of ketones is 1. The molecule has 0 aliphatic heterocycles. The molecule has 1 rings (SSSR count). The first kappa shape index (κ1) is 15.2. The molecule has 0 radical (unpaired) electrons. The van der Waals surface area contributed by atoms with E-state index in [2.05, 4.69) is 46.8 Å². The molecule has 1 nitrogen and oxygen atoms in total. The minimum Gasteiger partial charge on any atom is -0.295 e. The average Bonchev–Trinajstić information content (AvgIpc) is 2.20. The van der Waals surface area contributed by atoms with Crippen LogP contribution >= 0.6 is 0 Å². The van der Waals surface area contributed by atoms with E-state index >= 15 is 0 Å². The van der Waals surface area contributed by atoms with Gasteiger partial charge in [-0.1, -0.05) is 45.4 Å². The monoisotopic (exact) mass is 248 g/mol. The van der Waals surface area contributed by atoms with E-state index in [1.165, 1.54) is 18.4 Å². The van der Waals surface area contributed by atoms with Crippen molar-refractivity contribution in [3.05, 3.63) is 23.3 Å². The van der Waals surface area contributed by atoms with Gasteiger partial charge >= 0.3 is 0 Å². The van der Waals surface area contributed by atoms with Gasteiger partial charge in [0.2, 0.25) is 0 Å². The summed E-state index contributed by atoms with van der Waals surface area (Å²) in [6.45, 7) is 12.9. The summed E-state index contributed by atoms with van der Waals surface area (Å²) in [7, 11) is 0. The molecule has 0 spiro atoms. The Hall–Kier alpha value is -0.850. The summed E-state index contributed by atoms with van der Waals surface area (Å²) in [5.41, 5.74) is 2.71. The summed E-state index contributed by atoms with van der Waals surface area (Å²) in [5, 5.41) is 0. The molecule has 102 valence electrons. The van der Waals surface area contributed by atoms with E-state index in [9.17, 15) is 4.79 Å². The number of hydrogen-bond acceptors (Lipinski definition) is 1. The summed E-state index contributed by atoms with van der Waals surface area (Å²) in [5.74, 6) is 1.19. The largest absolute Gasteiger partial charge is 0.295 e. The van der Waals surface area contributed by atoms with Gasteiger partial charge in [-0.15, -0.1) is 0 Å². The maximum atomic E-state index is 11.8. The minimum atomic E-state index is 0.234. The highest BCUT2D eigenvalue weighted by Gasteiger charge is 2.31. The zero-order valence-corrected chi connectivity index (χ0v) is 12.8. The van der Waals surface area contributed by atoms with Crippen molar-refractivity contribution in [1.82, 2.24) is 0 Å². The van der Waals surface area contributed by atoms with E-state index < -0.39 is 0 Å². The fourth-order valence-electron chi connectivity index (χ4n) is 2.90. The maximum Gasteiger partial charge on any atom is 0.155 e. The van der Waals surface area contributed by atoms with Gasteiger partial charge in [0.05, 0.1) is 0 Å². The predicted octanol–water partition coefficient (Wildman–Crippen LogP) is 4.93. The van der Waals surface area contributed by atoms with Crippen molar-refractivity contribution in [2.45, 2.75) is 60.8 Å². The highest BCUT2D eigenvalue weighted by molar-refractivity contribution is 5.93. The van der Waals surface area contributed by atoms with Crippen molar-refractivity contribution in [1.29, 1.82) is 0 Å². The van der Waals surface area contributed by atoms with E-state index in [0.717, 1.165) is 12.0 Å². The topological polar surface area (TPSA) is 17.1 Å². The first-order chi connectivity index (χ1) is 8.24. The molecule has 0 heterocycles. The Bertz CT molecular complexity index is 369. The molecule has 0 saturated heterocycles. The fraction of sp³-hybridized carbons (Fsp3) is 0.706. The number of rotatable bonds is 4. The zero-order chi connectivity index (χ0) is 13.9. The highest BCUT2D eigenvalue weighted by Crippen LogP contribution is 2.42. The molecule has 0 fully saturated rings. The van der Waals surface area contributed by atoms with Gasteiger partial charge in [0.1, 0.15) is 0 Å². The number of Topliss-reactive ketones (excluding diaryl/α,β-unsaturated/α-hetero) is 1. The molecule has 1 heteroatoms. The van der Waals surface area contributed by atoms with Crippen LogP contribution in [0, 0.1) is 17.3 Å². The summed E-state index contributed by atoms with van der Waals surface area (Å²) >= 11 is 0. The van der Waals surface area contributed by atoms with Crippen molar-refractivity contribution in [3.8, 4) is 0 Å². The predicted molar refractivity (Wildman–Crippen MR) is 78.5 cm³/mol. The quantitative estimate of drug-likeness (QED) is 0.509. The second-order valence-corrected chi connectivity index (χ2v) is 6.80. The smallest absolute Gasteiger partial charge is 0.155 e. The van der Waals surface area contributed by atoms with Crippen LogP contribution in [0.3, 0.4) is 0 Å². The highest BCUT2D eigenvalue weighted by atomic mass is 16.1. The van der Waals surface area contributed by atoms with Gasteiger partial charge in [0.25, 0.3) is 0 Å². The van der Waals surface area contributed by atoms with Gasteiger partial charge in [0.15, 0.2) is 5.78 Å². The van der Waals surface area contributed by atoms with Crippen LogP contribution < -0.4 is 0 Å². The third kappa shape index (κ3) is 3.83. The minimum absolute atomic E-state index is 0.234. The summed E-state index contributed by atoms with van der Waals surface area (Å²) in [6, 6.07) is 0. The van der Waals surface area contributed by atoms with Gasteiger partial charge in [-0.25, -0.2) is 0 Å². The summed E-state index contributed by atoms with van der Waals surface area (Å²) in [6.07, 6.45) is 7.85. The third-order valence-electron chi connectivity index (χ3n) is 4.04. The molecule has 0 aromatic heterocycles. The lowest BCUT2D eigenvalue weighted by Crippen LogP contribution is -2.27. The molecule has 0 saturated carbocycles. The summed E-state index contributed by atoms with van der Waals surface area (Å²) < 4.78 is 0. The van der Waals surface area contributed by atoms with Crippen LogP contribution in [0.25, 0.3) is 0 Å². The Balaban J connectivity index is 3.05. The lowest BCUT2D eigenvalue weighted by molar-refractivity contribution is -0.113. The van der Waals surface area contributed by atoms with E-state index in [-0.39, 0.29) is 11.2 Å². The molecule has 0 bridgehead atoms. The number of carbonyl (C=O) groups is 1. The fourth-order valence-corrected chi connectivity index (χ4v) is 2.90. The molecule has 0 aromatic carbocycles. The van der Waals surface area contributed by atoms with Crippen molar-refractivity contribution in [3.63, 3.8) is 0 Å². The molecular weight excluding hydrogens is 220 g/mol. The molecule has 1 aliphatic rings. The number of carbonyl (C=O) groups excluding carboxylic acids is 1. The van der Waals surface area contributed by atoms with Gasteiger partial charge in [0, 0.05) is 5.92 Å². The van der Waals surface area contributed by atoms with Gasteiger partial charge < -0.3 is 0 Å². The Labute approximate surface area is 112 Å². The maximum absolute atomic E-state index is 11.8. The van der Waals surface area contributed by atoms with E-state index in [1.807, 2.05) is 0 Å². The van der Waals surface area contributed by atoms with Gasteiger partial charge in [-0.2, -0.15) is 0 Å². The van der Waals surface area contributed by atoms with Gasteiger partial charge in [-0.3, -0.25) is 4.79 Å². The Kier molecular flexibility index (Phi) is 4.95. The van der Waals surface area contributed by atoms with Crippen LogP contribution in [0.4, 0.5) is 0 Å². The molecular formula is C17H28O. The lowest BCUT2D eigenvalue weighted by Gasteiger charge is -2.37. The molecule has 0 N–H and O–H groups in total. The SMILES string of the molecule is CC(=O)C(=CC1C(C)=CCCC1(C)C)CC(C)C. The van der Waals surface area contributed by atoms with Crippen LogP contribution in [-0.4, -0.2) is 5.78 Å². The van der Waals surface area contributed by atoms with Crippen LogP contribution in [0.2, 0.25) is 0 Å². The Morgan fingerprint density at radius 2 is 2.11 bits per heavy atom. The molecule has 0 amide bonds. The van der Waals surface area contributed by atoms with Crippen LogP contribution in [-0.2, 0) is 4.79 Å². The molecule has 18 heavy (non-hydrogen) atoms. The molecule has 1 unspecified atom stereocenters. The normalized spacial score (nSPS) is 24.1.